The number of hydrogen-bond donors (Lipinski definition) is 1. The standard InChI is InChI=1S/C17H32ClN3/c1-8-13-15(18)14(21(9-2)20-13)12-17(6,7)10-11-19-16(3,4)5/h19H,8-12H2,1-7H3. The van der Waals surface area contributed by atoms with E-state index in [1.807, 2.05) is 0 Å². The van der Waals surface area contributed by atoms with Gasteiger partial charge in [0.15, 0.2) is 0 Å². The fourth-order valence-corrected chi connectivity index (χ4v) is 2.84. The quantitative estimate of drug-likeness (QED) is 0.805. The summed E-state index contributed by atoms with van der Waals surface area (Å²) in [4.78, 5) is 0. The Hall–Kier alpha value is -0.540. The summed E-state index contributed by atoms with van der Waals surface area (Å²) in [6, 6.07) is 0. The minimum Gasteiger partial charge on any atom is -0.312 e. The molecule has 0 atom stereocenters. The van der Waals surface area contributed by atoms with Crippen LogP contribution >= 0.6 is 11.6 Å². The molecule has 0 saturated heterocycles. The summed E-state index contributed by atoms with van der Waals surface area (Å²) in [6.07, 6.45) is 2.99. The third kappa shape index (κ3) is 5.63. The minimum absolute atomic E-state index is 0.175. The van der Waals surface area contributed by atoms with Crippen molar-refractivity contribution in [1.82, 2.24) is 15.1 Å². The van der Waals surface area contributed by atoms with Crippen molar-refractivity contribution in [1.29, 1.82) is 0 Å². The topological polar surface area (TPSA) is 29.9 Å². The fraction of sp³-hybridized carbons (Fsp3) is 0.824. The molecule has 0 fully saturated rings. The number of hydrogen-bond acceptors (Lipinski definition) is 2. The molecule has 0 aliphatic carbocycles. The molecule has 1 rings (SSSR count). The van der Waals surface area contributed by atoms with Crippen molar-refractivity contribution in [3.63, 3.8) is 0 Å². The van der Waals surface area contributed by atoms with Crippen LogP contribution in [0.1, 0.15) is 66.3 Å². The number of aryl methyl sites for hydroxylation is 2. The maximum Gasteiger partial charge on any atom is 0.0850 e. The summed E-state index contributed by atoms with van der Waals surface area (Å²) in [6.45, 7) is 17.4. The first-order valence-corrected chi connectivity index (χ1v) is 8.46. The SMILES string of the molecule is CCc1nn(CC)c(CC(C)(C)CCNC(C)(C)C)c1Cl. The summed E-state index contributed by atoms with van der Waals surface area (Å²) in [5, 5.41) is 9.06. The van der Waals surface area contributed by atoms with Crippen molar-refractivity contribution >= 4 is 11.6 Å². The van der Waals surface area contributed by atoms with E-state index in [1.165, 1.54) is 5.69 Å². The highest BCUT2D eigenvalue weighted by Crippen LogP contribution is 2.31. The van der Waals surface area contributed by atoms with Crippen LogP contribution in [0.2, 0.25) is 5.02 Å². The molecule has 0 aliphatic rings. The predicted octanol–water partition coefficient (Wildman–Crippen LogP) is 4.47. The zero-order valence-corrected chi connectivity index (χ0v) is 15.6. The van der Waals surface area contributed by atoms with E-state index in [-0.39, 0.29) is 11.0 Å². The Kier molecular flexibility index (Phi) is 6.30. The van der Waals surface area contributed by atoms with Gasteiger partial charge in [-0.3, -0.25) is 4.68 Å². The van der Waals surface area contributed by atoms with Gasteiger partial charge < -0.3 is 5.32 Å². The molecular formula is C17H32ClN3. The van der Waals surface area contributed by atoms with Gasteiger partial charge in [-0.25, -0.2) is 0 Å². The first-order valence-electron chi connectivity index (χ1n) is 8.08. The van der Waals surface area contributed by atoms with Crippen LogP contribution in [-0.4, -0.2) is 21.9 Å². The van der Waals surface area contributed by atoms with E-state index >= 15 is 0 Å². The van der Waals surface area contributed by atoms with E-state index < -0.39 is 0 Å². The van der Waals surface area contributed by atoms with Crippen molar-refractivity contribution in [2.45, 2.75) is 79.8 Å². The van der Waals surface area contributed by atoms with Gasteiger partial charge in [0.1, 0.15) is 0 Å². The van der Waals surface area contributed by atoms with E-state index in [1.54, 1.807) is 0 Å². The Balaban J connectivity index is 2.76. The van der Waals surface area contributed by atoms with Gasteiger partial charge in [0, 0.05) is 12.1 Å². The third-order valence-electron chi connectivity index (χ3n) is 3.80. The highest BCUT2D eigenvalue weighted by Gasteiger charge is 2.24. The molecule has 0 aliphatic heterocycles. The molecule has 21 heavy (non-hydrogen) atoms. The Bertz CT molecular complexity index is 455. The van der Waals surface area contributed by atoms with Crippen LogP contribution in [0.5, 0.6) is 0 Å². The number of rotatable bonds is 7. The van der Waals surface area contributed by atoms with Gasteiger partial charge in [-0.2, -0.15) is 5.10 Å². The molecule has 0 saturated carbocycles. The Labute approximate surface area is 135 Å². The lowest BCUT2D eigenvalue weighted by Gasteiger charge is -2.28. The Morgan fingerprint density at radius 2 is 1.76 bits per heavy atom. The molecule has 0 bridgehead atoms. The second-order valence-corrected chi connectivity index (χ2v) is 8.02. The lowest BCUT2D eigenvalue weighted by atomic mass is 9.84. The van der Waals surface area contributed by atoms with Crippen LogP contribution < -0.4 is 5.32 Å². The van der Waals surface area contributed by atoms with Crippen LogP contribution in [0.25, 0.3) is 0 Å². The summed E-state index contributed by atoms with van der Waals surface area (Å²) in [5.41, 5.74) is 2.60. The van der Waals surface area contributed by atoms with Gasteiger partial charge in [-0.1, -0.05) is 32.4 Å². The average Bonchev–Trinajstić information content (AvgIpc) is 2.63. The normalized spacial score (nSPS) is 13.0. The van der Waals surface area contributed by atoms with Crippen molar-refractivity contribution in [3.8, 4) is 0 Å². The number of aromatic nitrogens is 2. The monoisotopic (exact) mass is 313 g/mol. The molecule has 0 unspecified atom stereocenters. The second-order valence-electron chi connectivity index (χ2n) is 7.64. The van der Waals surface area contributed by atoms with Crippen LogP contribution in [0, 0.1) is 5.41 Å². The molecular weight excluding hydrogens is 282 g/mol. The molecule has 3 nitrogen and oxygen atoms in total. The third-order valence-corrected chi connectivity index (χ3v) is 4.23. The van der Waals surface area contributed by atoms with Crippen molar-refractivity contribution < 1.29 is 0 Å². The van der Waals surface area contributed by atoms with Crippen LogP contribution in [0.15, 0.2) is 0 Å². The smallest absolute Gasteiger partial charge is 0.0850 e. The number of nitrogens with one attached hydrogen (secondary N) is 1. The Morgan fingerprint density at radius 1 is 1.14 bits per heavy atom. The highest BCUT2D eigenvalue weighted by atomic mass is 35.5. The van der Waals surface area contributed by atoms with Crippen LogP contribution in [0.3, 0.4) is 0 Å². The molecule has 4 heteroatoms. The van der Waals surface area contributed by atoms with Gasteiger partial charge >= 0.3 is 0 Å². The van der Waals surface area contributed by atoms with Crippen molar-refractivity contribution in [3.05, 3.63) is 16.4 Å². The maximum atomic E-state index is 6.52. The molecule has 1 heterocycles. The zero-order valence-electron chi connectivity index (χ0n) is 14.8. The molecule has 1 aromatic rings. The largest absolute Gasteiger partial charge is 0.312 e. The molecule has 0 aromatic carbocycles. The minimum atomic E-state index is 0.175. The molecule has 0 spiro atoms. The average molecular weight is 314 g/mol. The Morgan fingerprint density at radius 3 is 2.24 bits per heavy atom. The van der Waals surface area contributed by atoms with E-state index in [2.05, 4.69) is 63.6 Å². The molecule has 1 aromatic heterocycles. The summed E-state index contributed by atoms with van der Waals surface area (Å²) >= 11 is 6.52. The van der Waals surface area contributed by atoms with Gasteiger partial charge in [0.2, 0.25) is 0 Å². The summed E-state index contributed by atoms with van der Waals surface area (Å²) < 4.78 is 2.07. The molecule has 1 N–H and O–H groups in total. The predicted molar refractivity (Wildman–Crippen MR) is 92.1 cm³/mol. The van der Waals surface area contributed by atoms with E-state index in [0.717, 1.165) is 43.1 Å². The van der Waals surface area contributed by atoms with E-state index in [0.29, 0.717) is 0 Å². The molecule has 0 radical (unpaired) electrons. The van der Waals surface area contributed by atoms with Gasteiger partial charge in [0.25, 0.3) is 0 Å². The molecule has 122 valence electrons. The van der Waals surface area contributed by atoms with E-state index in [9.17, 15) is 0 Å². The lowest BCUT2D eigenvalue weighted by molar-refractivity contribution is 0.295. The second kappa shape index (κ2) is 7.15. The van der Waals surface area contributed by atoms with Gasteiger partial charge in [-0.05, 0) is 58.9 Å². The van der Waals surface area contributed by atoms with Crippen molar-refractivity contribution in [2.24, 2.45) is 5.41 Å². The summed E-state index contributed by atoms with van der Waals surface area (Å²) in [5.74, 6) is 0. The van der Waals surface area contributed by atoms with Gasteiger partial charge in [-0.15, -0.1) is 0 Å². The number of nitrogens with zero attached hydrogens (tertiary/aromatic N) is 2. The van der Waals surface area contributed by atoms with Crippen LogP contribution in [0.4, 0.5) is 0 Å². The zero-order chi connectivity index (χ0) is 16.3. The van der Waals surface area contributed by atoms with Crippen molar-refractivity contribution in [2.75, 3.05) is 6.54 Å². The molecule has 0 amide bonds. The lowest BCUT2D eigenvalue weighted by Crippen LogP contribution is -2.38. The highest BCUT2D eigenvalue weighted by molar-refractivity contribution is 6.31. The maximum absolute atomic E-state index is 6.52. The van der Waals surface area contributed by atoms with Gasteiger partial charge in [0.05, 0.1) is 16.4 Å². The van der Waals surface area contributed by atoms with E-state index in [4.69, 9.17) is 11.6 Å². The first-order chi connectivity index (χ1) is 9.59. The fourth-order valence-electron chi connectivity index (χ4n) is 2.50. The first kappa shape index (κ1) is 18.5. The number of halogens is 1. The summed E-state index contributed by atoms with van der Waals surface area (Å²) in [7, 11) is 0. The van der Waals surface area contributed by atoms with Crippen LogP contribution in [-0.2, 0) is 19.4 Å².